The molecule has 0 aromatic heterocycles. The van der Waals surface area contributed by atoms with E-state index in [1.54, 1.807) is 0 Å². The molecule has 4 unspecified atom stereocenters. The Morgan fingerprint density at radius 3 is 1.93 bits per heavy atom. The summed E-state index contributed by atoms with van der Waals surface area (Å²) < 4.78 is 0.552. The fourth-order valence-electron chi connectivity index (χ4n) is 3.52. The number of hydrogen-bond donors (Lipinski definition) is 0. The van der Waals surface area contributed by atoms with Gasteiger partial charge in [-0.25, -0.2) is 0 Å². The van der Waals surface area contributed by atoms with E-state index >= 15 is 0 Å². The molecule has 1 radical (unpaired) electrons. The van der Waals surface area contributed by atoms with E-state index in [0.29, 0.717) is 21.7 Å². The van der Waals surface area contributed by atoms with Crippen molar-refractivity contribution in [3.05, 3.63) is 35.4 Å². The van der Waals surface area contributed by atoms with Gasteiger partial charge >= 0.3 is 165 Å². The first kappa shape index (κ1) is 27.0. The second-order valence-electron chi connectivity index (χ2n) is 8.87. The van der Waals surface area contributed by atoms with Gasteiger partial charge in [0.15, 0.2) is 0 Å². The summed E-state index contributed by atoms with van der Waals surface area (Å²) in [4.78, 5) is 0. The fourth-order valence-corrected chi connectivity index (χ4v) is 6.44. The van der Waals surface area contributed by atoms with Crippen LogP contribution in [0.25, 0.3) is 0 Å². The van der Waals surface area contributed by atoms with Gasteiger partial charge in [0.05, 0.1) is 0 Å². The molecule has 0 heterocycles. The van der Waals surface area contributed by atoms with Gasteiger partial charge in [0.1, 0.15) is 0 Å². The van der Waals surface area contributed by atoms with E-state index in [1.807, 2.05) is 25.6 Å². The van der Waals surface area contributed by atoms with Gasteiger partial charge in [-0.2, -0.15) is 0 Å². The summed E-state index contributed by atoms with van der Waals surface area (Å²) in [5.41, 5.74) is 3.10. The summed E-state index contributed by atoms with van der Waals surface area (Å²) in [5.74, 6) is 1.30. The van der Waals surface area contributed by atoms with E-state index < -0.39 is 0 Å². The number of aryl methyl sites for hydroxylation is 1. The van der Waals surface area contributed by atoms with E-state index in [-0.39, 0.29) is 15.7 Å². The van der Waals surface area contributed by atoms with Crippen LogP contribution in [0.1, 0.15) is 91.7 Å². The zero-order chi connectivity index (χ0) is 21.2. The summed E-state index contributed by atoms with van der Waals surface area (Å²) in [5, 5.41) is 0.637. The SMILES string of the molecule is CC.[B]=S(C(CCC(c1ccc(C)cc1)C(C)(C)C)CC(C)C)C(C)SC. The molecule has 0 nitrogen and oxygen atoms in total. The number of benzene rings is 1. The molecule has 0 aliphatic carbocycles. The van der Waals surface area contributed by atoms with Crippen molar-refractivity contribution in [2.45, 2.75) is 97.3 Å². The molecule has 1 rings (SSSR count). The molecule has 4 atom stereocenters. The van der Waals surface area contributed by atoms with Gasteiger partial charge in [0.25, 0.3) is 0 Å². The molecule has 0 saturated carbocycles. The Balaban J connectivity index is 0.00000326. The molecule has 0 N–H and O–H groups in total. The van der Waals surface area contributed by atoms with Crippen LogP contribution in [0.3, 0.4) is 0 Å². The van der Waals surface area contributed by atoms with Crippen LogP contribution in [0.15, 0.2) is 24.3 Å². The molecule has 0 fully saturated rings. The number of rotatable bonds is 9. The van der Waals surface area contributed by atoms with E-state index in [4.69, 9.17) is 6.72 Å². The Morgan fingerprint density at radius 1 is 1.00 bits per heavy atom. The molecule has 1 aromatic rings. The molecular formula is C24H44BS2. The maximum absolute atomic E-state index is 6.68. The zero-order valence-corrected chi connectivity index (χ0v) is 21.3. The Kier molecular flexibility index (Phi) is 13.2. The van der Waals surface area contributed by atoms with Crippen LogP contribution in [-0.4, -0.2) is 22.8 Å². The first-order valence-electron chi connectivity index (χ1n) is 10.6. The van der Waals surface area contributed by atoms with Crippen LogP contribution in [-0.2, 0) is 0 Å². The standard InChI is InChI=1S/C22H38BS2.C2H6/c1-16(2)15-20(25(23)18(4)24-8)13-14-21(22(5,6)7)19-11-9-17(3)10-12-19;1-2/h9-12,16,18,20-21H,13-15H2,1-8H3;1-2H3. The predicted octanol–water partition coefficient (Wildman–Crippen LogP) is 8.41. The first-order chi connectivity index (χ1) is 12.6. The second-order valence-corrected chi connectivity index (χ2v) is 12.5. The molecular weight excluding hydrogens is 363 g/mol. The van der Waals surface area contributed by atoms with Gasteiger partial charge in [-0.3, -0.25) is 0 Å². The van der Waals surface area contributed by atoms with E-state index in [2.05, 4.69) is 79.0 Å². The third-order valence-corrected chi connectivity index (χ3v) is 9.01. The molecule has 0 aliphatic rings. The van der Waals surface area contributed by atoms with Crippen LogP contribution in [0.2, 0.25) is 0 Å². The topological polar surface area (TPSA) is 0 Å². The van der Waals surface area contributed by atoms with E-state index in [1.165, 1.54) is 30.4 Å². The summed E-state index contributed by atoms with van der Waals surface area (Å²) in [7, 11) is -0.0135. The normalized spacial score (nSPS) is 16.2. The number of thioether (sulfide) groups is 1. The van der Waals surface area contributed by atoms with Gasteiger partial charge in [-0.15, -0.1) is 0 Å². The molecule has 1 aromatic carbocycles. The average Bonchev–Trinajstić information content (AvgIpc) is 2.61. The van der Waals surface area contributed by atoms with Crippen LogP contribution in [0.4, 0.5) is 0 Å². The van der Waals surface area contributed by atoms with Crippen molar-refractivity contribution < 1.29 is 0 Å². The number of hydrogen-bond acceptors (Lipinski definition) is 1. The van der Waals surface area contributed by atoms with Crippen LogP contribution < -0.4 is 0 Å². The molecule has 3 heteroatoms. The quantitative estimate of drug-likeness (QED) is 0.370. The third kappa shape index (κ3) is 9.84. The molecule has 0 aliphatic heterocycles. The Labute approximate surface area is 178 Å². The van der Waals surface area contributed by atoms with E-state index in [0.717, 1.165) is 0 Å². The van der Waals surface area contributed by atoms with Crippen molar-refractivity contribution in [2.75, 3.05) is 6.26 Å². The van der Waals surface area contributed by atoms with Crippen molar-refractivity contribution in [1.29, 1.82) is 0 Å². The molecule has 0 spiro atoms. The third-order valence-electron chi connectivity index (χ3n) is 5.14. The van der Waals surface area contributed by atoms with Crippen LogP contribution >= 0.6 is 22.1 Å². The monoisotopic (exact) mass is 407 g/mol. The molecule has 0 bridgehead atoms. The molecule has 27 heavy (non-hydrogen) atoms. The van der Waals surface area contributed by atoms with Gasteiger partial charge in [0.2, 0.25) is 0 Å². The molecule has 0 saturated heterocycles. The maximum atomic E-state index is 6.68. The van der Waals surface area contributed by atoms with E-state index in [9.17, 15) is 0 Å². The van der Waals surface area contributed by atoms with Gasteiger partial charge in [-0.1, -0.05) is 13.8 Å². The van der Waals surface area contributed by atoms with Crippen molar-refractivity contribution in [3.8, 4) is 0 Å². The Hall–Kier alpha value is -0.0151. The fraction of sp³-hybridized carbons (Fsp3) is 0.750. The van der Waals surface area contributed by atoms with Crippen molar-refractivity contribution in [1.82, 2.24) is 0 Å². The van der Waals surface area contributed by atoms with Crippen molar-refractivity contribution in [2.24, 2.45) is 11.3 Å². The summed E-state index contributed by atoms with van der Waals surface area (Å²) in [6, 6.07) is 9.16. The van der Waals surface area contributed by atoms with Crippen molar-refractivity contribution >= 4 is 28.8 Å². The van der Waals surface area contributed by atoms with Crippen molar-refractivity contribution in [3.63, 3.8) is 0 Å². The Morgan fingerprint density at radius 2 is 1.52 bits per heavy atom. The predicted molar refractivity (Wildman–Crippen MR) is 134 cm³/mol. The van der Waals surface area contributed by atoms with Gasteiger partial charge in [0, 0.05) is 0 Å². The minimum atomic E-state index is -0.0135. The minimum absolute atomic E-state index is 0.0135. The van der Waals surface area contributed by atoms with Gasteiger partial charge < -0.3 is 0 Å². The summed E-state index contributed by atoms with van der Waals surface area (Å²) in [6.45, 7) is 26.9. The Bertz CT molecular complexity index is 528. The average molecular weight is 408 g/mol. The zero-order valence-electron chi connectivity index (χ0n) is 19.6. The second kappa shape index (κ2) is 13.3. The molecule has 155 valence electrons. The van der Waals surface area contributed by atoms with Crippen LogP contribution in [0.5, 0.6) is 0 Å². The summed E-state index contributed by atoms with van der Waals surface area (Å²) in [6.07, 6.45) is 5.90. The summed E-state index contributed by atoms with van der Waals surface area (Å²) >= 11 is 1.91. The first-order valence-corrected chi connectivity index (χ1v) is 13.3. The van der Waals surface area contributed by atoms with Gasteiger partial charge in [-0.05, 0) is 0 Å². The molecule has 0 amide bonds. The van der Waals surface area contributed by atoms with Crippen LogP contribution in [0, 0.1) is 18.3 Å².